The van der Waals surface area contributed by atoms with E-state index in [4.69, 9.17) is 18.9 Å². The zero-order valence-electron chi connectivity index (χ0n) is 18.8. The molecule has 0 aliphatic carbocycles. The minimum absolute atomic E-state index is 0.313. The van der Waals surface area contributed by atoms with Gasteiger partial charge >= 0.3 is 5.97 Å². The minimum Gasteiger partial charge on any atom is -0.496 e. The second-order valence-electron chi connectivity index (χ2n) is 7.50. The normalized spacial score (nSPS) is 12.9. The summed E-state index contributed by atoms with van der Waals surface area (Å²) in [5.74, 6) is 0.739. The predicted octanol–water partition coefficient (Wildman–Crippen LogP) is 4.58. The molecule has 3 aromatic carbocycles. The number of anilines is 1. The minimum atomic E-state index is -0.620. The van der Waals surface area contributed by atoms with E-state index in [1.54, 1.807) is 43.5 Å². The number of rotatable bonds is 7. The van der Waals surface area contributed by atoms with E-state index in [-0.39, 0.29) is 0 Å². The van der Waals surface area contributed by atoms with Crippen LogP contribution in [0.3, 0.4) is 0 Å². The number of esters is 1. The summed E-state index contributed by atoms with van der Waals surface area (Å²) in [6, 6.07) is 21.6. The van der Waals surface area contributed by atoms with E-state index < -0.39 is 18.5 Å². The van der Waals surface area contributed by atoms with Crippen LogP contribution in [0.1, 0.15) is 17.5 Å². The van der Waals surface area contributed by atoms with E-state index >= 15 is 0 Å². The highest BCUT2D eigenvalue weighted by molar-refractivity contribution is 6.22. The number of para-hydroxylation sites is 1. The smallest absolute Gasteiger partial charge is 0.339 e. The molecule has 7 heteroatoms. The zero-order valence-corrected chi connectivity index (χ0v) is 18.8. The molecular formula is C27H25NO6. The van der Waals surface area contributed by atoms with E-state index in [1.807, 2.05) is 42.5 Å². The Labute approximate surface area is 197 Å². The summed E-state index contributed by atoms with van der Waals surface area (Å²) in [5.41, 5.74) is 2.23. The molecule has 0 aromatic heterocycles. The van der Waals surface area contributed by atoms with Crippen LogP contribution in [-0.2, 0) is 14.3 Å². The lowest BCUT2D eigenvalue weighted by atomic mass is 10.0. The van der Waals surface area contributed by atoms with Crippen molar-refractivity contribution in [2.24, 2.45) is 0 Å². The van der Waals surface area contributed by atoms with E-state index in [0.29, 0.717) is 47.3 Å². The van der Waals surface area contributed by atoms with Crippen LogP contribution < -0.4 is 19.5 Å². The second-order valence-corrected chi connectivity index (χ2v) is 7.50. The topological polar surface area (TPSA) is 83.1 Å². The van der Waals surface area contributed by atoms with Crippen LogP contribution in [0.5, 0.6) is 17.2 Å². The van der Waals surface area contributed by atoms with Crippen molar-refractivity contribution in [2.45, 2.75) is 6.42 Å². The Morgan fingerprint density at radius 3 is 2.47 bits per heavy atom. The molecule has 7 nitrogen and oxygen atoms in total. The summed E-state index contributed by atoms with van der Waals surface area (Å²) < 4.78 is 22.0. The molecule has 0 saturated heterocycles. The number of ether oxygens (including phenoxy) is 4. The molecule has 1 heterocycles. The molecule has 0 saturated carbocycles. The molecule has 4 rings (SSSR count). The number of amides is 1. The lowest BCUT2D eigenvalue weighted by molar-refractivity contribution is -0.141. The summed E-state index contributed by atoms with van der Waals surface area (Å²) in [6.07, 6.45) is 2.48. The van der Waals surface area contributed by atoms with Gasteiger partial charge in [0, 0.05) is 23.7 Å². The van der Waals surface area contributed by atoms with Gasteiger partial charge in [0.05, 0.1) is 25.9 Å². The fourth-order valence-corrected chi connectivity index (χ4v) is 3.47. The zero-order chi connectivity index (χ0) is 23.8. The first-order chi connectivity index (χ1) is 16.6. The molecular weight excluding hydrogens is 434 g/mol. The third kappa shape index (κ3) is 5.75. The first-order valence-electron chi connectivity index (χ1n) is 10.9. The Morgan fingerprint density at radius 2 is 1.68 bits per heavy atom. The van der Waals surface area contributed by atoms with Gasteiger partial charge in [0.25, 0.3) is 5.91 Å². The molecule has 1 aliphatic heterocycles. The SMILES string of the molecule is COc1ccccc1/C=C(/C(=O)OCC(=O)Nc1ccc2c(c1)OCCCO2)c1ccccc1. The summed E-state index contributed by atoms with van der Waals surface area (Å²) in [5, 5.41) is 2.72. The van der Waals surface area contributed by atoms with E-state index in [9.17, 15) is 9.59 Å². The van der Waals surface area contributed by atoms with Crippen molar-refractivity contribution in [1.82, 2.24) is 0 Å². The van der Waals surface area contributed by atoms with Crippen LogP contribution in [0.25, 0.3) is 11.6 Å². The Morgan fingerprint density at radius 1 is 0.941 bits per heavy atom. The van der Waals surface area contributed by atoms with Gasteiger partial charge in [-0.1, -0.05) is 48.5 Å². The van der Waals surface area contributed by atoms with Gasteiger partial charge in [-0.05, 0) is 29.8 Å². The number of benzene rings is 3. The van der Waals surface area contributed by atoms with Crippen LogP contribution in [0, 0.1) is 0 Å². The number of hydrogen-bond acceptors (Lipinski definition) is 6. The fraction of sp³-hybridized carbons (Fsp3) is 0.185. The Bertz CT molecular complexity index is 1190. The molecule has 0 radical (unpaired) electrons. The maximum Gasteiger partial charge on any atom is 0.339 e. The largest absolute Gasteiger partial charge is 0.496 e. The van der Waals surface area contributed by atoms with Gasteiger partial charge in [0.1, 0.15) is 5.75 Å². The van der Waals surface area contributed by atoms with Gasteiger partial charge < -0.3 is 24.3 Å². The first kappa shape index (κ1) is 22.9. The van der Waals surface area contributed by atoms with Crippen molar-refractivity contribution in [3.05, 3.63) is 83.9 Å². The second kappa shape index (κ2) is 11.0. The van der Waals surface area contributed by atoms with E-state index in [2.05, 4.69) is 5.32 Å². The van der Waals surface area contributed by atoms with Crippen LogP contribution in [0.15, 0.2) is 72.8 Å². The number of methoxy groups -OCH3 is 1. The molecule has 3 aromatic rings. The highest BCUT2D eigenvalue weighted by Gasteiger charge is 2.17. The van der Waals surface area contributed by atoms with Crippen LogP contribution >= 0.6 is 0 Å². The maximum atomic E-state index is 13.0. The van der Waals surface area contributed by atoms with Crippen molar-refractivity contribution in [3.8, 4) is 17.2 Å². The summed E-state index contributed by atoms with van der Waals surface area (Å²) in [4.78, 5) is 25.5. The van der Waals surface area contributed by atoms with Crippen molar-refractivity contribution in [2.75, 3.05) is 32.2 Å². The summed E-state index contributed by atoms with van der Waals surface area (Å²) in [7, 11) is 1.57. The Hall–Kier alpha value is -4.26. The number of carbonyl (C=O) groups excluding carboxylic acids is 2. The van der Waals surface area contributed by atoms with Crippen LogP contribution in [0.2, 0.25) is 0 Å². The van der Waals surface area contributed by atoms with Crippen molar-refractivity contribution < 1.29 is 28.5 Å². The Kier molecular flexibility index (Phi) is 7.45. The van der Waals surface area contributed by atoms with E-state index in [1.165, 1.54) is 0 Å². The molecule has 1 N–H and O–H groups in total. The number of hydrogen-bond donors (Lipinski definition) is 1. The highest BCUT2D eigenvalue weighted by Crippen LogP contribution is 2.32. The standard InChI is InChI=1S/C27H25NO6/c1-31-23-11-6-5-10-20(23)16-22(19-8-3-2-4-9-19)27(30)34-18-26(29)28-21-12-13-24-25(17-21)33-15-7-14-32-24/h2-6,8-13,16-17H,7,14-15,18H2,1H3,(H,28,29)/b22-16+. The lowest BCUT2D eigenvalue weighted by Crippen LogP contribution is -2.21. The molecule has 1 aliphatic rings. The van der Waals surface area contributed by atoms with Gasteiger partial charge in [-0.2, -0.15) is 0 Å². The third-order valence-corrected chi connectivity index (χ3v) is 5.11. The average Bonchev–Trinajstić information content (AvgIpc) is 3.11. The first-order valence-corrected chi connectivity index (χ1v) is 10.9. The molecule has 174 valence electrons. The van der Waals surface area contributed by atoms with Gasteiger partial charge in [0.15, 0.2) is 18.1 Å². The predicted molar refractivity (Wildman–Crippen MR) is 129 cm³/mol. The van der Waals surface area contributed by atoms with Crippen molar-refractivity contribution in [3.63, 3.8) is 0 Å². The maximum absolute atomic E-state index is 13.0. The lowest BCUT2D eigenvalue weighted by Gasteiger charge is -2.12. The van der Waals surface area contributed by atoms with Gasteiger partial charge in [-0.3, -0.25) is 4.79 Å². The Balaban J connectivity index is 1.46. The number of fused-ring (bicyclic) bond motifs is 1. The fourth-order valence-electron chi connectivity index (χ4n) is 3.47. The highest BCUT2D eigenvalue weighted by atomic mass is 16.5. The monoisotopic (exact) mass is 459 g/mol. The third-order valence-electron chi connectivity index (χ3n) is 5.11. The van der Waals surface area contributed by atoms with Crippen molar-refractivity contribution in [1.29, 1.82) is 0 Å². The summed E-state index contributed by atoms with van der Waals surface area (Å²) in [6.45, 7) is 0.687. The quantitative estimate of drug-likeness (QED) is 0.316. The van der Waals surface area contributed by atoms with Gasteiger partial charge in [-0.25, -0.2) is 4.79 Å². The number of carbonyl (C=O) groups is 2. The summed E-state index contributed by atoms with van der Waals surface area (Å²) >= 11 is 0. The molecule has 0 fully saturated rings. The average molecular weight is 459 g/mol. The van der Waals surface area contributed by atoms with Crippen LogP contribution in [-0.4, -0.2) is 38.8 Å². The molecule has 0 atom stereocenters. The molecule has 0 unspecified atom stereocenters. The van der Waals surface area contributed by atoms with Crippen molar-refractivity contribution >= 4 is 29.2 Å². The molecule has 1 amide bonds. The molecule has 34 heavy (non-hydrogen) atoms. The van der Waals surface area contributed by atoms with E-state index in [0.717, 1.165) is 12.0 Å². The molecule has 0 bridgehead atoms. The number of nitrogens with one attached hydrogen (secondary N) is 1. The van der Waals surface area contributed by atoms with Crippen LogP contribution in [0.4, 0.5) is 5.69 Å². The van der Waals surface area contributed by atoms with Gasteiger partial charge in [-0.15, -0.1) is 0 Å². The van der Waals surface area contributed by atoms with Gasteiger partial charge in [0.2, 0.25) is 0 Å². The molecule has 0 spiro atoms.